The Labute approximate surface area is 135 Å². The number of halogens is 1. The van der Waals surface area contributed by atoms with E-state index >= 15 is 0 Å². The van der Waals surface area contributed by atoms with Crippen LogP contribution in [0.1, 0.15) is 0 Å². The Morgan fingerprint density at radius 3 is 2.50 bits per heavy atom. The summed E-state index contributed by atoms with van der Waals surface area (Å²) in [5.74, 6) is 1.94. The molecule has 120 valence electrons. The van der Waals surface area contributed by atoms with Crippen LogP contribution in [0.3, 0.4) is 0 Å². The number of fused-ring (bicyclic) bond motifs is 1. The van der Waals surface area contributed by atoms with Gasteiger partial charge in [-0.15, -0.1) is 12.4 Å². The highest BCUT2D eigenvalue weighted by Gasteiger charge is 2.12. The van der Waals surface area contributed by atoms with Crippen LogP contribution in [0.15, 0.2) is 18.3 Å². The highest BCUT2D eigenvalue weighted by molar-refractivity contribution is 5.85. The van der Waals surface area contributed by atoms with Crippen LogP contribution in [-0.2, 0) is 0 Å². The molecule has 2 aromatic rings. The van der Waals surface area contributed by atoms with Gasteiger partial charge in [0.15, 0.2) is 11.5 Å². The maximum absolute atomic E-state index is 5.31. The van der Waals surface area contributed by atoms with Crippen molar-refractivity contribution in [1.82, 2.24) is 20.3 Å². The highest BCUT2D eigenvalue weighted by atomic mass is 35.5. The summed E-state index contributed by atoms with van der Waals surface area (Å²) in [6, 6.07) is 3.74. The number of anilines is 1. The number of hydrogen-bond acceptors (Lipinski definition) is 7. The first-order chi connectivity index (χ1) is 10.3. The third-order valence-corrected chi connectivity index (χ3v) is 3.46. The van der Waals surface area contributed by atoms with Crippen molar-refractivity contribution in [2.45, 2.75) is 0 Å². The van der Waals surface area contributed by atoms with Crippen molar-refractivity contribution in [3.05, 3.63) is 18.3 Å². The summed E-state index contributed by atoms with van der Waals surface area (Å²) in [7, 11) is 3.23. The Bertz CT molecular complexity index is 634. The molecule has 0 saturated carbocycles. The molecule has 8 heteroatoms. The number of ether oxygens (including phenoxy) is 2. The summed E-state index contributed by atoms with van der Waals surface area (Å²) < 4.78 is 10.6. The summed E-state index contributed by atoms with van der Waals surface area (Å²) >= 11 is 0. The van der Waals surface area contributed by atoms with Crippen LogP contribution < -0.4 is 20.2 Å². The number of nitrogens with one attached hydrogen (secondary N) is 2. The molecule has 7 nitrogen and oxygen atoms in total. The minimum Gasteiger partial charge on any atom is -0.493 e. The van der Waals surface area contributed by atoms with Gasteiger partial charge in [0, 0.05) is 43.8 Å². The Morgan fingerprint density at radius 2 is 1.82 bits per heavy atom. The Morgan fingerprint density at radius 1 is 1.14 bits per heavy atom. The predicted molar refractivity (Wildman–Crippen MR) is 88.0 cm³/mol. The molecule has 1 aromatic heterocycles. The average molecular weight is 326 g/mol. The number of hydrogen-bond donors (Lipinski definition) is 2. The second kappa shape index (κ2) is 7.44. The number of aromatic nitrogens is 2. The molecule has 1 fully saturated rings. The number of benzene rings is 1. The molecule has 0 bridgehead atoms. The van der Waals surface area contributed by atoms with Gasteiger partial charge in [0.25, 0.3) is 0 Å². The number of rotatable bonds is 4. The van der Waals surface area contributed by atoms with E-state index in [1.54, 1.807) is 20.4 Å². The molecule has 1 aliphatic heterocycles. The molecule has 1 aromatic carbocycles. The van der Waals surface area contributed by atoms with Gasteiger partial charge in [0.1, 0.15) is 0 Å². The molecular formula is C14H20ClN5O2. The standard InChI is InChI=1S/C14H19N5O2.ClH/c1-20-12-7-10-9-16-14(17-11(10)8-13(12)21-2)18-19-5-3-15-4-6-19;/h7-9,15H,3-6H2,1-2H3,(H,16,17,18);1H. The largest absolute Gasteiger partial charge is 0.493 e. The lowest BCUT2D eigenvalue weighted by atomic mass is 10.2. The Hall–Kier alpha value is -1.83. The predicted octanol–water partition coefficient (Wildman–Crippen LogP) is 1.30. The Kier molecular flexibility index (Phi) is 5.59. The molecule has 0 radical (unpaired) electrons. The third-order valence-electron chi connectivity index (χ3n) is 3.46. The maximum atomic E-state index is 5.31. The summed E-state index contributed by atoms with van der Waals surface area (Å²) in [6.07, 6.45) is 1.79. The third kappa shape index (κ3) is 3.49. The van der Waals surface area contributed by atoms with Crippen molar-refractivity contribution in [3.63, 3.8) is 0 Å². The monoisotopic (exact) mass is 325 g/mol. The SMILES string of the molecule is COc1cc2cnc(NN3CCNCC3)nc2cc1OC.Cl. The molecule has 0 atom stereocenters. The van der Waals surface area contributed by atoms with Crippen LogP contribution >= 0.6 is 12.4 Å². The van der Waals surface area contributed by atoms with Crippen LogP contribution in [-0.4, -0.2) is 55.4 Å². The van der Waals surface area contributed by atoms with Crippen molar-refractivity contribution in [2.24, 2.45) is 0 Å². The highest BCUT2D eigenvalue weighted by Crippen LogP contribution is 2.31. The van der Waals surface area contributed by atoms with E-state index in [-0.39, 0.29) is 12.4 Å². The van der Waals surface area contributed by atoms with Crippen molar-refractivity contribution in [3.8, 4) is 11.5 Å². The van der Waals surface area contributed by atoms with E-state index in [1.807, 2.05) is 12.1 Å². The lowest BCUT2D eigenvalue weighted by Crippen LogP contribution is -2.46. The van der Waals surface area contributed by atoms with Gasteiger partial charge in [-0.1, -0.05) is 0 Å². The zero-order valence-electron chi connectivity index (χ0n) is 12.6. The zero-order chi connectivity index (χ0) is 14.7. The quantitative estimate of drug-likeness (QED) is 0.878. The van der Waals surface area contributed by atoms with E-state index in [0.717, 1.165) is 37.1 Å². The van der Waals surface area contributed by atoms with Crippen molar-refractivity contribution < 1.29 is 9.47 Å². The fourth-order valence-electron chi connectivity index (χ4n) is 2.33. The van der Waals surface area contributed by atoms with Crippen molar-refractivity contribution >= 4 is 29.3 Å². The molecule has 22 heavy (non-hydrogen) atoms. The fraction of sp³-hybridized carbons (Fsp3) is 0.429. The summed E-state index contributed by atoms with van der Waals surface area (Å²) in [4.78, 5) is 8.88. The van der Waals surface area contributed by atoms with E-state index < -0.39 is 0 Å². The topological polar surface area (TPSA) is 71.5 Å². The van der Waals surface area contributed by atoms with Gasteiger partial charge >= 0.3 is 0 Å². The summed E-state index contributed by atoms with van der Waals surface area (Å²) in [5, 5.41) is 6.33. The summed E-state index contributed by atoms with van der Waals surface area (Å²) in [5.41, 5.74) is 4.06. The first-order valence-corrected chi connectivity index (χ1v) is 6.91. The smallest absolute Gasteiger partial charge is 0.238 e. The Balaban J connectivity index is 0.00000176. The van der Waals surface area contributed by atoms with E-state index in [4.69, 9.17) is 9.47 Å². The van der Waals surface area contributed by atoms with Crippen molar-refractivity contribution in [1.29, 1.82) is 0 Å². The number of hydrazine groups is 1. The van der Waals surface area contributed by atoms with Gasteiger partial charge < -0.3 is 14.8 Å². The molecule has 3 rings (SSSR count). The van der Waals surface area contributed by atoms with Crippen LogP contribution in [0.25, 0.3) is 10.9 Å². The molecule has 2 heterocycles. The lowest BCUT2D eigenvalue weighted by molar-refractivity contribution is 0.285. The van der Waals surface area contributed by atoms with Gasteiger partial charge in [-0.2, -0.15) is 0 Å². The molecule has 2 N–H and O–H groups in total. The second-order valence-electron chi connectivity index (χ2n) is 4.81. The number of nitrogens with zero attached hydrogens (tertiary/aromatic N) is 3. The maximum Gasteiger partial charge on any atom is 0.238 e. The van der Waals surface area contributed by atoms with Gasteiger partial charge in [-0.25, -0.2) is 15.0 Å². The normalized spacial score (nSPS) is 15.2. The minimum atomic E-state index is 0. The average Bonchev–Trinajstić information content (AvgIpc) is 2.54. The van der Waals surface area contributed by atoms with Crippen LogP contribution in [0.5, 0.6) is 11.5 Å². The lowest BCUT2D eigenvalue weighted by Gasteiger charge is -2.27. The fourth-order valence-corrected chi connectivity index (χ4v) is 2.33. The van der Waals surface area contributed by atoms with E-state index in [1.165, 1.54) is 0 Å². The molecular weight excluding hydrogens is 306 g/mol. The molecule has 0 spiro atoms. The van der Waals surface area contributed by atoms with Gasteiger partial charge in [0.05, 0.1) is 19.7 Å². The van der Waals surface area contributed by atoms with Crippen LogP contribution in [0.2, 0.25) is 0 Å². The summed E-state index contributed by atoms with van der Waals surface area (Å²) in [6.45, 7) is 3.78. The van der Waals surface area contributed by atoms with Crippen LogP contribution in [0.4, 0.5) is 5.95 Å². The van der Waals surface area contributed by atoms with E-state index in [9.17, 15) is 0 Å². The number of methoxy groups -OCH3 is 2. The first kappa shape index (κ1) is 16.5. The van der Waals surface area contributed by atoms with Gasteiger partial charge in [0.2, 0.25) is 5.95 Å². The molecule has 1 saturated heterocycles. The van der Waals surface area contributed by atoms with Crippen LogP contribution in [0, 0.1) is 0 Å². The molecule has 0 unspecified atom stereocenters. The van der Waals surface area contributed by atoms with Gasteiger partial charge in [-0.3, -0.25) is 5.43 Å². The molecule has 1 aliphatic rings. The zero-order valence-corrected chi connectivity index (χ0v) is 13.4. The second-order valence-corrected chi connectivity index (χ2v) is 4.81. The molecule has 0 aliphatic carbocycles. The van der Waals surface area contributed by atoms with Gasteiger partial charge in [-0.05, 0) is 6.07 Å². The van der Waals surface area contributed by atoms with E-state index in [2.05, 4.69) is 25.7 Å². The van der Waals surface area contributed by atoms with Crippen molar-refractivity contribution in [2.75, 3.05) is 45.8 Å². The first-order valence-electron chi connectivity index (χ1n) is 6.91. The van der Waals surface area contributed by atoms with E-state index in [0.29, 0.717) is 17.4 Å². The molecule has 0 amide bonds. The minimum absolute atomic E-state index is 0. The number of piperazine rings is 1.